The molecule has 0 atom stereocenters. The second-order valence-electron chi connectivity index (χ2n) is 7.51. The summed E-state index contributed by atoms with van der Waals surface area (Å²) in [4.78, 5) is 30.2. The van der Waals surface area contributed by atoms with Crippen LogP contribution in [-0.4, -0.2) is 56.2 Å². The summed E-state index contributed by atoms with van der Waals surface area (Å²) in [6.07, 6.45) is 5.29. The lowest BCUT2D eigenvalue weighted by Crippen LogP contribution is -2.36. The molecule has 0 amide bonds. The quantitative estimate of drug-likeness (QED) is 0.402. The number of hydrogen-bond acceptors (Lipinski definition) is 9. The Bertz CT molecular complexity index is 1400. The third-order valence-corrected chi connectivity index (χ3v) is 6.48. The smallest absolute Gasteiger partial charge is 0.182 e. The number of morpholine rings is 1. The van der Waals surface area contributed by atoms with Gasteiger partial charge in [-0.25, -0.2) is 24.9 Å². The van der Waals surface area contributed by atoms with Crippen LogP contribution in [0, 0.1) is 0 Å². The van der Waals surface area contributed by atoms with Crippen LogP contribution in [0.3, 0.4) is 0 Å². The lowest BCUT2D eigenvalue weighted by molar-refractivity contribution is 0.122. The lowest BCUT2D eigenvalue weighted by Gasteiger charge is -2.28. The average Bonchev–Trinajstić information content (AvgIpc) is 3.34. The van der Waals surface area contributed by atoms with E-state index in [0.717, 1.165) is 39.7 Å². The summed E-state index contributed by atoms with van der Waals surface area (Å²) in [7, 11) is 0. The molecular weight excluding hydrogens is 434 g/mol. The highest BCUT2D eigenvalue weighted by Gasteiger charge is 2.22. The van der Waals surface area contributed by atoms with Gasteiger partial charge in [0.05, 0.1) is 13.2 Å². The van der Waals surface area contributed by atoms with E-state index in [1.807, 2.05) is 48.5 Å². The number of thiazole rings is 1. The average molecular weight is 454 g/mol. The fourth-order valence-electron chi connectivity index (χ4n) is 3.74. The summed E-state index contributed by atoms with van der Waals surface area (Å²) in [5.74, 6) is 2.05. The zero-order chi connectivity index (χ0) is 22.0. The molecule has 1 aromatic carbocycles. The van der Waals surface area contributed by atoms with E-state index in [0.29, 0.717) is 36.2 Å². The van der Waals surface area contributed by atoms with E-state index in [1.165, 1.54) is 0 Å². The molecule has 0 spiro atoms. The van der Waals surface area contributed by atoms with Crippen LogP contribution < -0.4 is 4.90 Å². The summed E-state index contributed by atoms with van der Waals surface area (Å²) in [6.45, 7) is 2.88. The van der Waals surface area contributed by atoms with Gasteiger partial charge in [-0.3, -0.25) is 4.98 Å². The standard InChI is InChI=1S/C24H19N7OS/c1-2-4-16(5-3-1)20-26-11-8-18(27-20)21-28-22-19(23(29-21)31-12-14-32-15-13-31)33-24(30-22)17-6-9-25-10-7-17/h1-11H,12-15H2. The van der Waals surface area contributed by atoms with Crippen molar-refractivity contribution in [2.75, 3.05) is 31.2 Å². The highest BCUT2D eigenvalue weighted by molar-refractivity contribution is 7.22. The van der Waals surface area contributed by atoms with Crippen molar-refractivity contribution in [2.24, 2.45) is 0 Å². The molecule has 4 aromatic heterocycles. The molecule has 0 saturated carbocycles. The van der Waals surface area contributed by atoms with Gasteiger partial charge in [-0.2, -0.15) is 0 Å². The summed E-state index contributed by atoms with van der Waals surface area (Å²) < 4.78 is 6.53. The molecule has 0 bridgehead atoms. The van der Waals surface area contributed by atoms with Gasteiger partial charge >= 0.3 is 0 Å². The second-order valence-corrected chi connectivity index (χ2v) is 8.51. The van der Waals surface area contributed by atoms with Crippen molar-refractivity contribution in [3.63, 3.8) is 0 Å². The van der Waals surface area contributed by atoms with E-state index < -0.39 is 0 Å². The van der Waals surface area contributed by atoms with Crippen molar-refractivity contribution in [1.82, 2.24) is 29.9 Å². The summed E-state index contributed by atoms with van der Waals surface area (Å²) in [5.41, 5.74) is 3.29. The van der Waals surface area contributed by atoms with Crippen molar-refractivity contribution in [2.45, 2.75) is 0 Å². The normalized spacial score (nSPS) is 14.0. The number of fused-ring (bicyclic) bond motifs is 1. The van der Waals surface area contributed by atoms with Gasteiger partial charge in [-0.1, -0.05) is 30.3 Å². The Kier molecular flexibility index (Phi) is 5.17. The Morgan fingerprint density at radius 1 is 0.758 bits per heavy atom. The molecule has 1 saturated heterocycles. The maximum atomic E-state index is 5.56. The Morgan fingerprint density at radius 2 is 1.58 bits per heavy atom. The van der Waals surface area contributed by atoms with Gasteiger partial charge < -0.3 is 9.64 Å². The van der Waals surface area contributed by atoms with Crippen LogP contribution in [0.25, 0.3) is 43.8 Å². The van der Waals surface area contributed by atoms with Crippen LogP contribution in [0.1, 0.15) is 0 Å². The predicted molar refractivity (Wildman–Crippen MR) is 128 cm³/mol. The van der Waals surface area contributed by atoms with Crippen molar-refractivity contribution >= 4 is 27.5 Å². The van der Waals surface area contributed by atoms with Crippen LogP contribution in [0.5, 0.6) is 0 Å². The zero-order valence-corrected chi connectivity index (χ0v) is 18.4. The number of rotatable bonds is 4. The van der Waals surface area contributed by atoms with Gasteiger partial charge in [0.15, 0.2) is 23.1 Å². The minimum Gasteiger partial charge on any atom is -0.378 e. The summed E-state index contributed by atoms with van der Waals surface area (Å²) in [5, 5.41) is 0.890. The van der Waals surface area contributed by atoms with E-state index in [4.69, 9.17) is 24.7 Å². The Hall–Kier alpha value is -3.82. The number of nitrogens with zero attached hydrogens (tertiary/aromatic N) is 7. The summed E-state index contributed by atoms with van der Waals surface area (Å²) in [6, 6.07) is 15.6. The maximum Gasteiger partial charge on any atom is 0.182 e. The van der Waals surface area contributed by atoms with Gasteiger partial charge in [0.2, 0.25) is 0 Å². The Morgan fingerprint density at radius 3 is 2.39 bits per heavy atom. The van der Waals surface area contributed by atoms with Crippen molar-refractivity contribution in [3.8, 4) is 33.5 Å². The number of pyridine rings is 1. The monoisotopic (exact) mass is 453 g/mol. The Labute approximate surface area is 194 Å². The van der Waals surface area contributed by atoms with Gasteiger partial charge in [0, 0.05) is 42.8 Å². The lowest BCUT2D eigenvalue weighted by atomic mass is 10.2. The van der Waals surface area contributed by atoms with Crippen molar-refractivity contribution in [1.29, 1.82) is 0 Å². The molecular formula is C24H19N7OS. The van der Waals surface area contributed by atoms with Gasteiger partial charge in [-0.05, 0) is 18.2 Å². The van der Waals surface area contributed by atoms with E-state index in [-0.39, 0.29) is 0 Å². The predicted octanol–water partition coefficient (Wildman–Crippen LogP) is 4.11. The molecule has 0 radical (unpaired) electrons. The molecule has 0 aliphatic carbocycles. The first-order valence-corrected chi connectivity index (χ1v) is 11.5. The van der Waals surface area contributed by atoms with Crippen LogP contribution in [-0.2, 0) is 4.74 Å². The third-order valence-electron chi connectivity index (χ3n) is 5.39. The number of aromatic nitrogens is 6. The molecule has 1 fully saturated rings. The topological polar surface area (TPSA) is 89.8 Å². The minimum atomic E-state index is 0.537. The SMILES string of the molecule is c1ccc(-c2nccc(-c3nc(N4CCOCC4)c4sc(-c5ccncc5)nc4n3)n2)cc1. The number of ether oxygens (including phenoxy) is 1. The van der Waals surface area contributed by atoms with Crippen LogP contribution in [0.2, 0.25) is 0 Å². The highest BCUT2D eigenvalue weighted by Crippen LogP contribution is 2.36. The molecule has 8 nitrogen and oxygen atoms in total. The molecule has 5 aromatic rings. The summed E-state index contributed by atoms with van der Waals surface area (Å²) >= 11 is 1.60. The minimum absolute atomic E-state index is 0.537. The second kappa shape index (κ2) is 8.61. The molecule has 1 aliphatic rings. The van der Waals surface area contributed by atoms with Crippen molar-refractivity contribution < 1.29 is 4.74 Å². The molecule has 0 N–H and O–H groups in total. The fraction of sp³-hybridized carbons (Fsp3) is 0.167. The van der Waals surface area contributed by atoms with E-state index in [1.54, 1.807) is 29.9 Å². The zero-order valence-electron chi connectivity index (χ0n) is 17.6. The molecule has 1 aliphatic heterocycles. The first kappa shape index (κ1) is 19.8. The molecule has 5 heterocycles. The third kappa shape index (κ3) is 3.92. The fourth-order valence-corrected chi connectivity index (χ4v) is 4.77. The first-order valence-electron chi connectivity index (χ1n) is 10.7. The Balaban J connectivity index is 1.50. The molecule has 9 heteroatoms. The highest BCUT2D eigenvalue weighted by atomic mass is 32.1. The van der Waals surface area contributed by atoms with Gasteiger partial charge in [0.25, 0.3) is 0 Å². The van der Waals surface area contributed by atoms with Crippen molar-refractivity contribution in [3.05, 3.63) is 67.1 Å². The van der Waals surface area contributed by atoms with Crippen LogP contribution in [0.4, 0.5) is 5.82 Å². The largest absolute Gasteiger partial charge is 0.378 e. The van der Waals surface area contributed by atoms with E-state index >= 15 is 0 Å². The number of benzene rings is 1. The van der Waals surface area contributed by atoms with E-state index in [2.05, 4.69) is 14.9 Å². The number of anilines is 1. The molecule has 6 rings (SSSR count). The van der Waals surface area contributed by atoms with Gasteiger partial charge in [-0.15, -0.1) is 11.3 Å². The van der Waals surface area contributed by atoms with Crippen LogP contribution in [0.15, 0.2) is 67.1 Å². The van der Waals surface area contributed by atoms with Gasteiger partial charge in [0.1, 0.15) is 15.4 Å². The van der Waals surface area contributed by atoms with Crippen LogP contribution >= 0.6 is 11.3 Å². The maximum absolute atomic E-state index is 5.56. The molecule has 162 valence electrons. The first-order chi connectivity index (χ1) is 16.3. The van der Waals surface area contributed by atoms with E-state index in [9.17, 15) is 0 Å². The number of hydrogen-bond donors (Lipinski definition) is 0. The molecule has 0 unspecified atom stereocenters. The molecule has 33 heavy (non-hydrogen) atoms.